The van der Waals surface area contributed by atoms with Gasteiger partial charge in [-0.3, -0.25) is 9.69 Å². The van der Waals surface area contributed by atoms with E-state index in [1.54, 1.807) is 12.3 Å². The predicted octanol–water partition coefficient (Wildman–Crippen LogP) is 0.873. The van der Waals surface area contributed by atoms with Gasteiger partial charge in [0.15, 0.2) is 5.88 Å². The Bertz CT molecular complexity index is 563. The summed E-state index contributed by atoms with van der Waals surface area (Å²) in [6.07, 6.45) is 4.79. The molecule has 80 valence electrons. The van der Waals surface area contributed by atoms with Crippen LogP contribution in [0.1, 0.15) is 5.56 Å². The van der Waals surface area contributed by atoms with Crippen molar-refractivity contribution in [2.24, 2.45) is 0 Å². The topological polar surface area (TPSA) is 85.2 Å². The summed E-state index contributed by atoms with van der Waals surface area (Å²) in [5.74, 6) is 0.808. The second-order valence-electron chi connectivity index (χ2n) is 3.48. The standard InChI is InChI=1S/C10H8N4O2/c11-8-2-7(4-16-8)14-9(15)1-6-3-12-5-13-10(6)14/h2-5H,1,11H2. The van der Waals surface area contributed by atoms with E-state index < -0.39 is 0 Å². The Balaban J connectivity index is 2.12. The van der Waals surface area contributed by atoms with Gasteiger partial charge in [-0.25, -0.2) is 9.97 Å². The molecule has 1 amide bonds. The van der Waals surface area contributed by atoms with Crippen LogP contribution in [-0.4, -0.2) is 15.9 Å². The summed E-state index contributed by atoms with van der Waals surface area (Å²) in [6, 6.07) is 1.59. The molecular formula is C10H8N4O2. The summed E-state index contributed by atoms with van der Waals surface area (Å²) in [7, 11) is 0. The Morgan fingerprint density at radius 1 is 1.50 bits per heavy atom. The van der Waals surface area contributed by atoms with Crippen molar-refractivity contribution in [1.82, 2.24) is 9.97 Å². The number of carbonyl (C=O) groups is 1. The molecule has 0 radical (unpaired) electrons. The Kier molecular flexibility index (Phi) is 1.70. The van der Waals surface area contributed by atoms with Crippen molar-refractivity contribution in [3.8, 4) is 0 Å². The third-order valence-electron chi connectivity index (χ3n) is 2.43. The van der Waals surface area contributed by atoms with Gasteiger partial charge in [-0.1, -0.05) is 0 Å². The molecule has 0 saturated carbocycles. The maximum Gasteiger partial charge on any atom is 0.237 e. The Morgan fingerprint density at radius 3 is 3.12 bits per heavy atom. The molecule has 16 heavy (non-hydrogen) atoms. The SMILES string of the molecule is Nc1cc(N2C(=O)Cc3cncnc32)co1. The lowest BCUT2D eigenvalue weighted by Crippen LogP contribution is -2.20. The molecule has 0 fully saturated rings. The van der Waals surface area contributed by atoms with Crippen LogP contribution in [0.2, 0.25) is 0 Å². The number of nitrogen functional groups attached to an aromatic ring is 1. The van der Waals surface area contributed by atoms with E-state index >= 15 is 0 Å². The zero-order valence-electron chi connectivity index (χ0n) is 8.25. The molecule has 0 atom stereocenters. The number of furan rings is 1. The van der Waals surface area contributed by atoms with Crippen LogP contribution >= 0.6 is 0 Å². The summed E-state index contributed by atoms with van der Waals surface area (Å²) in [5, 5.41) is 0. The zero-order valence-corrected chi connectivity index (χ0v) is 8.25. The molecule has 6 nitrogen and oxygen atoms in total. The number of amides is 1. The first-order valence-electron chi connectivity index (χ1n) is 4.71. The van der Waals surface area contributed by atoms with E-state index in [0.717, 1.165) is 5.56 Å². The lowest BCUT2D eigenvalue weighted by molar-refractivity contribution is -0.116. The van der Waals surface area contributed by atoms with Gasteiger partial charge in [0.2, 0.25) is 5.91 Å². The van der Waals surface area contributed by atoms with Crippen LogP contribution in [0.5, 0.6) is 0 Å². The summed E-state index contributed by atoms with van der Waals surface area (Å²) in [5.41, 5.74) is 6.88. The highest BCUT2D eigenvalue weighted by Gasteiger charge is 2.30. The third-order valence-corrected chi connectivity index (χ3v) is 2.43. The van der Waals surface area contributed by atoms with Crippen LogP contribution in [-0.2, 0) is 11.2 Å². The van der Waals surface area contributed by atoms with Gasteiger partial charge in [0, 0.05) is 17.8 Å². The Morgan fingerprint density at radius 2 is 2.38 bits per heavy atom. The van der Waals surface area contributed by atoms with E-state index in [0.29, 0.717) is 17.9 Å². The Labute approximate surface area is 90.7 Å². The summed E-state index contributed by atoms with van der Waals surface area (Å²) < 4.78 is 4.98. The monoisotopic (exact) mass is 216 g/mol. The van der Waals surface area contributed by atoms with Crippen LogP contribution in [0.25, 0.3) is 0 Å². The molecule has 3 rings (SSSR count). The molecule has 2 aromatic rings. The van der Waals surface area contributed by atoms with Gasteiger partial charge in [-0.05, 0) is 0 Å². The molecule has 0 bridgehead atoms. The van der Waals surface area contributed by atoms with E-state index in [1.807, 2.05) is 0 Å². The molecule has 0 unspecified atom stereocenters. The fourth-order valence-electron chi connectivity index (χ4n) is 1.76. The Hall–Kier alpha value is -2.37. The van der Waals surface area contributed by atoms with Crippen molar-refractivity contribution >= 4 is 23.3 Å². The first-order valence-corrected chi connectivity index (χ1v) is 4.71. The number of carbonyl (C=O) groups excluding carboxylic acids is 1. The molecular weight excluding hydrogens is 208 g/mol. The lowest BCUT2D eigenvalue weighted by atomic mass is 10.3. The third kappa shape index (κ3) is 1.16. The number of aromatic nitrogens is 2. The number of hydrogen-bond donors (Lipinski definition) is 1. The molecule has 0 saturated heterocycles. The van der Waals surface area contributed by atoms with E-state index in [9.17, 15) is 4.79 Å². The van der Waals surface area contributed by atoms with E-state index in [2.05, 4.69) is 9.97 Å². The fraction of sp³-hybridized carbons (Fsp3) is 0.100. The van der Waals surface area contributed by atoms with E-state index in [4.69, 9.17) is 10.2 Å². The highest BCUT2D eigenvalue weighted by Crippen LogP contribution is 2.34. The fourth-order valence-corrected chi connectivity index (χ4v) is 1.76. The molecule has 3 heterocycles. The van der Waals surface area contributed by atoms with Crippen molar-refractivity contribution in [1.29, 1.82) is 0 Å². The number of nitrogens with two attached hydrogens (primary N) is 1. The average Bonchev–Trinajstić information content (AvgIpc) is 2.80. The molecule has 1 aliphatic rings. The molecule has 0 aliphatic carbocycles. The summed E-state index contributed by atoms with van der Waals surface area (Å²) in [4.78, 5) is 21.3. The largest absolute Gasteiger partial charge is 0.447 e. The van der Waals surface area contributed by atoms with Crippen molar-refractivity contribution < 1.29 is 9.21 Å². The van der Waals surface area contributed by atoms with Crippen molar-refractivity contribution in [2.75, 3.05) is 10.6 Å². The molecule has 0 aromatic carbocycles. The van der Waals surface area contributed by atoms with Crippen molar-refractivity contribution in [3.05, 3.63) is 30.4 Å². The smallest absolute Gasteiger partial charge is 0.237 e. The highest BCUT2D eigenvalue weighted by atomic mass is 16.3. The van der Waals surface area contributed by atoms with Gasteiger partial charge in [-0.2, -0.15) is 0 Å². The molecule has 0 spiro atoms. The van der Waals surface area contributed by atoms with Crippen molar-refractivity contribution in [3.63, 3.8) is 0 Å². The normalized spacial score (nSPS) is 14.2. The van der Waals surface area contributed by atoms with Gasteiger partial charge in [0.25, 0.3) is 0 Å². The second kappa shape index (κ2) is 3.06. The molecule has 2 N–H and O–H groups in total. The first-order chi connectivity index (χ1) is 7.75. The van der Waals surface area contributed by atoms with Gasteiger partial charge < -0.3 is 10.2 Å². The number of fused-ring (bicyclic) bond motifs is 1. The van der Waals surface area contributed by atoms with Crippen LogP contribution < -0.4 is 10.6 Å². The maximum atomic E-state index is 11.8. The van der Waals surface area contributed by atoms with Gasteiger partial charge >= 0.3 is 0 Å². The molecule has 6 heteroatoms. The van der Waals surface area contributed by atoms with Crippen LogP contribution in [0, 0.1) is 0 Å². The zero-order chi connectivity index (χ0) is 11.1. The minimum Gasteiger partial charge on any atom is -0.447 e. The van der Waals surface area contributed by atoms with Crippen molar-refractivity contribution in [2.45, 2.75) is 6.42 Å². The number of rotatable bonds is 1. The quantitative estimate of drug-likeness (QED) is 0.764. The molecule has 1 aliphatic heterocycles. The summed E-state index contributed by atoms with van der Waals surface area (Å²) >= 11 is 0. The minimum atomic E-state index is -0.0590. The predicted molar refractivity (Wildman–Crippen MR) is 56.0 cm³/mol. The van der Waals surface area contributed by atoms with Gasteiger partial charge in [0.1, 0.15) is 18.4 Å². The first kappa shape index (κ1) is 8.90. The van der Waals surface area contributed by atoms with E-state index in [-0.39, 0.29) is 11.8 Å². The maximum absolute atomic E-state index is 11.8. The lowest BCUT2D eigenvalue weighted by Gasteiger charge is -2.12. The van der Waals surface area contributed by atoms with Gasteiger partial charge in [-0.15, -0.1) is 0 Å². The minimum absolute atomic E-state index is 0.0590. The van der Waals surface area contributed by atoms with Crippen LogP contribution in [0.4, 0.5) is 17.4 Å². The number of hydrogen-bond acceptors (Lipinski definition) is 5. The van der Waals surface area contributed by atoms with E-state index in [1.165, 1.54) is 17.5 Å². The van der Waals surface area contributed by atoms with Crippen LogP contribution in [0.3, 0.4) is 0 Å². The van der Waals surface area contributed by atoms with Gasteiger partial charge in [0.05, 0.1) is 12.1 Å². The number of anilines is 3. The average molecular weight is 216 g/mol. The molecule has 2 aromatic heterocycles. The van der Waals surface area contributed by atoms with Crippen LogP contribution in [0.15, 0.2) is 29.3 Å². The highest BCUT2D eigenvalue weighted by molar-refractivity contribution is 6.06. The number of nitrogens with zero attached hydrogens (tertiary/aromatic N) is 3. The second-order valence-corrected chi connectivity index (χ2v) is 3.48. The summed E-state index contributed by atoms with van der Waals surface area (Å²) in [6.45, 7) is 0.